The van der Waals surface area contributed by atoms with Gasteiger partial charge in [0.15, 0.2) is 0 Å². The number of pyridine rings is 1. The molecule has 3 rings (SSSR count). The van der Waals surface area contributed by atoms with Gasteiger partial charge in [-0.2, -0.15) is 0 Å². The molecule has 1 aliphatic heterocycles. The third kappa shape index (κ3) is 4.11. The lowest BCUT2D eigenvalue weighted by Gasteiger charge is -2.27. The third-order valence-corrected chi connectivity index (χ3v) is 5.57. The zero-order valence-electron chi connectivity index (χ0n) is 12.8. The van der Waals surface area contributed by atoms with E-state index in [2.05, 4.69) is 4.98 Å². The zero-order chi connectivity index (χ0) is 16.1. The van der Waals surface area contributed by atoms with Gasteiger partial charge in [0, 0.05) is 12.8 Å². The average Bonchev–Trinajstić information content (AvgIpc) is 3.07. The first-order chi connectivity index (χ1) is 11.1. The molecule has 1 unspecified atom stereocenters. The highest BCUT2D eigenvalue weighted by atomic mass is 32.2. The van der Waals surface area contributed by atoms with E-state index in [1.54, 1.807) is 36.5 Å². The molecule has 2 aromatic rings. The molecule has 0 radical (unpaired) electrons. The van der Waals surface area contributed by atoms with Crippen LogP contribution in [0, 0.1) is 0 Å². The van der Waals surface area contributed by atoms with Crippen molar-refractivity contribution >= 4 is 15.8 Å². The fourth-order valence-electron chi connectivity index (χ4n) is 2.63. The standard InChI is InChI=1S/C16H20N2O4S/c19-23(20,13-15-6-2-4-10-22-15)18(12-14-7-5-11-21-14)16-8-1-3-9-17-16/h1,3,5,7-9,11,15H,2,4,6,10,12-13H2. The normalized spacial score (nSPS) is 18.7. The van der Waals surface area contributed by atoms with Crippen molar-refractivity contribution in [3.8, 4) is 0 Å². The number of anilines is 1. The quantitative estimate of drug-likeness (QED) is 0.811. The van der Waals surface area contributed by atoms with Crippen LogP contribution in [0.1, 0.15) is 25.0 Å². The summed E-state index contributed by atoms with van der Waals surface area (Å²) in [5, 5.41) is 0. The van der Waals surface area contributed by atoms with Gasteiger partial charge in [-0.3, -0.25) is 0 Å². The first-order valence-electron chi connectivity index (χ1n) is 7.70. The second-order valence-electron chi connectivity index (χ2n) is 5.54. The number of sulfonamides is 1. The van der Waals surface area contributed by atoms with E-state index in [1.807, 2.05) is 0 Å². The van der Waals surface area contributed by atoms with Crippen molar-refractivity contribution < 1.29 is 17.6 Å². The number of ether oxygens (including phenoxy) is 1. The van der Waals surface area contributed by atoms with Crippen molar-refractivity contribution in [2.24, 2.45) is 0 Å². The van der Waals surface area contributed by atoms with Crippen molar-refractivity contribution in [3.63, 3.8) is 0 Å². The molecule has 23 heavy (non-hydrogen) atoms. The Balaban J connectivity index is 1.84. The molecule has 124 valence electrons. The Morgan fingerprint density at radius 1 is 1.22 bits per heavy atom. The number of hydrogen-bond acceptors (Lipinski definition) is 5. The molecule has 0 spiro atoms. The Labute approximate surface area is 136 Å². The van der Waals surface area contributed by atoms with Crippen LogP contribution in [0.15, 0.2) is 47.2 Å². The summed E-state index contributed by atoms with van der Waals surface area (Å²) in [6.45, 7) is 0.751. The van der Waals surface area contributed by atoms with Gasteiger partial charge in [0.25, 0.3) is 0 Å². The van der Waals surface area contributed by atoms with Gasteiger partial charge in [-0.25, -0.2) is 17.7 Å². The summed E-state index contributed by atoms with van der Waals surface area (Å²) in [5.74, 6) is 0.924. The third-order valence-electron chi connectivity index (χ3n) is 3.79. The average molecular weight is 336 g/mol. The highest BCUT2D eigenvalue weighted by Crippen LogP contribution is 2.22. The highest BCUT2D eigenvalue weighted by Gasteiger charge is 2.29. The fourth-order valence-corrected chi connectivity index (χ4v) is 4.26. The molecule has 0 saturated carbocycles. The van der Waals surface area contributed by atoms with Gasteiger partial charge in [-0.05, 0) is 43.5 Å². The molecule has 0 amide bonds. The fraction of sp³-hybridized carbons (Fsp3) is 0.438. The van der Waals surface area contributed by atoms with E-state index in [9.17, 15) is 8.42 Å². The molecule has 0 bridgehead atoms. The zero-order valence-corrected chi connectivity index (χ0v) is 13.6. The maximum atomic E-state index is 12.9. The SMILES string of the molecule is O=S(=O)(CC1CCCCO1)N(Cc1ccco1)c1ccccn1. The summed E-state index contributed by atoms with van der Waals surface area (Å²) in [7, 11) is -3.57. The lowest BCUT2D eigenvalue weighted by Crippen LogP contribution is -2.38. The molecule has 2 aromatic heterocycles. The molecule has 7 heteroatoms. The van der Waals surface area contributed by atoms with E-state index < -0.39 is 10.0 Å². The molecule has 1 aliphatic rings. The van der Waals surface area contributed by atoms with Gasteiger partial charge in [-0.1, -0.05) is 6.07 Å². The molecule has 0 aromatic carbocycles. The maximum Gasteiger partial charge on any atom is 0.239 e. The van der Waals surface area contributed by atoms with E-state index in [4.69, 9.17) is 9.15 Å². The Bertz CT molecular complexity index is 695. The first-order valence-corrected chi connectivity index (χ1v) is 9.31. The number of furan rings is 1. The molecule has 1 atom stereocenters. The molecular weight excluding hydrogens is 316 g/mol. The van der Waals surface area contributed by atoms with Gasteiger partial charge < -0.3 is 9.15 Å². The topological polar surface area (TPSA) is 72.6 Å². The van der Waals surface area contributed by atoms with Crippen LogP contribution in [0.25, 0.3) is 0 Å². The van der Waals surface area contributed by atoms with Gasteiger partial charge in [0.1, 0.15) is 11.6 Å². The van der Waals surface area contributed by atoms with E-state index in [0.29, 0.717) is 18.2 Å². The van der Waals surface area contributed by atoms with E-state index >= 15 is 0 Å². The molecule has 1 saturated heterocycles. The maximum absolute atomic E-state index is 12.9. The lowest BCUT2D eigenvalue weighted by atomic mass is 10.1. The van der Waals surface area contributed by atoms with E-state index in [-0.39, 0.29) is 18.4 Å². The summed E-state index contributed by atoms with van der Waals surface area (Å²) in [5.41, 5.74) is 0. The predicted molar refractivity (Wildman–Crippen MR) is 86.5 cm³/mol. The number of nitrogens with zero attached hydrogens (tertiary/aromatic N) is 2. The van der Waals surface area contributed by atoms with Crippen LogP contribution < -0.4 is 4.31 Å². The molecule has 6 nitrogen and oxygen atoms in total. The van der Waals surface area contributed by atoms with Crippen molar-refractivity contribution in [1.82, 2.24) is 4.98 Å². The van der Waals surface area contributed by atoms with Crippen molar-refractivity contribution in [2.75, 3.05) is 16.7 Å². The Morgan fingerprint density at radius 2 is 2.13 bits per heavy atom. The Hall–Kier alpha value is -1.86. The highest BCUT2D eigenvalue weighted by molar-refractivity contribution is 7.92. The number of aromatic nitrogens is 1. The van der Waals surface area contributed by atoms with Crippen molar-refractivity contribution in [3.05, 3.63) is 48.6 Å². The van der Waals surface area contributed by atoms with Crippen molar-refractivity contribution in [2.45, 2.75) is 31.9 Å². The summed E-state index contributed by atoms with van der Waals surface area (Å²) < 4.78 is 38.0. The summed E-state index contributed by atoms with van der Waals surface area (Å²) in [6.07, 6.45) is 5.63. The Kier molecular flexibility index (Phi) is 4.97. The molecule has 1 fully saturated rings. The monoisotopic (exact) mass is 336 g/mol. The largest absolute Gasteiger partial charge is 0.467 e. The second-order valence-corrected chi connectivity index (χ2v) is 7.48. The molecule has 3 heterocycles. The Morgan fingerprint density at radius 3 is 2.78 bits per heavy atom. The first kappa shape index (κ1) is 16.0. The minimum Gasteiger partial charge on any atom is -0.467 e. The molecular formula is C16H20N2O4S. The van der Waals surface area contributed by atoms with Crippen LogP contribution in [-0.4, -0.2) is 31.9 Å². The van der Waals surface area contributed by atoms with Crippen LogP contribution >= 0.6 is 0 Å². The lowest BCUT2D eigenvalue weighted by molar-refractivity contribution is 0.0305. The van der Waals surface area contributed by atoms with Crippen LogP contribution in [0.3, 0.4) is 0 Å². The van der Waals surface area contributed by atoms with Crippen LogP contribution in [-0.2, 0) is 21.3 Å². The van der Waals surface area contributed by atoms with Gasteiger partial charge in [0.2, 0.25) is 10.0 Å². The van der Waals surface area contributed by atoms with Crippen LogP contribution in [0.2, 0.25) is 0 Å². The van der Waals surface area contributed by atoms with Gasteiger partial charge >= 0.3 is 0 Å². The molecule has 0 aliphatic carbocycles. The van der Waals surface area contributed by atoms with Crippen molar-refractivity contribution in [1.29, 1.82) is 0 Å². The summed E-state index contributed by atoms with van der Waals surface area (Å²) in [6, 6.07) is 8.70. The number of hydrogen-bond donors (Lipinski definition) is 0. The minimum absolute atomic E-state index is 0.0374. The summed E-state index contributed by atoms with van der Waals surface area (Å²) >= 11 is 0. The second kappa shape index (κ2) is 7.14. The van der Waals surface area contributed by atoms with Gasteiger partial charge in [-0.15, -0.1) is 0 Å². The van der Waals surface area contributed by atoms with Crippen LogP contribution in [0.4, 0.5) is 5.82 Å². The number of rotatable bonds is 6. The van der Waals surface area contributed by atoms with Gasteiger partial charge in [0.05, 0.1) is 24.7 Å². The summed E-state index contributed by atoms with van der Waals surface area (Å²) in [4.78, 5) is 4.18. The predicted octanol–water partition coefficient (Wildman–Crippen LogP) is 2.58. The van der Waals surface area contributed by atoms with E-state index in [0.717, 1.165) is 19.3 Å². The van der Waals surface area contributed by atoms with Crippen LogP contribution in [0.5, 0.6) is 0 Å². The molecule has 0 N–H and O–H groups in total. The minimum atomic E-state index is -3.57. The smallest absolute Gasteiger partial charge is 0.239 e. The van der Waals surface area contributed by atoms with E-state index in [1.165, 1.54) is 10.6 Å².